The van der Waals surface area contributed by atoms with Gasteiger partial charge in [-0.05, 0) is 43.3 Å². The van der Waals surface area contributed by atoms with E-state index in [1.54, 1.807) is 4.90 Å². The Morgan fingerprint density at radius 2 is 2.05 bits per heavy atom. The average molecular weight is 592 g/mol. The highest BCUT2D eigenvalue weighted by Crippen LogP contribution is 2.37. The number of hydrogen-bond acceptors (Lipinski definition) is 9. The number of benzene rings is 2. The molecule has 6 rings (SSSR count). The van der Waals surface area contributed by atoms with E-state index in [0.29, 0.717) is 50.2 Å². The topological polar surface area (TPSA) is 101 Å². The summed E-state index contributed by atoms with van der Waals surface area (Å²) in [6.07, 6.45) is 1.58. The fourth-order valence-corrected chi connectivity index (χ4v) is 6.66. The van der Waals surface area contributed by atoms with Crippen molar-refractivity contribution in [3.8, 4) is 12.1 Å². The van der Waals surface area contributed by atoms with Crippen molar-refractivity contribution in [3.63, 3.8) is 0 Å². The van der Waals surface area contributed by atoms with Crippen LogP contribution < -0.4 is 19.9 Å². The fraction of sp³-hybridized carbons (Fsp3) is 0.452. The Morgan fingerprint density at radius 3 is 2.81 bits per heavy atom. The first-order chi connectivity index (χ1) is 20.4. The summed E-state index contributed by atoms with van der Waals surface area (Å²) in [4.78, 5) is 15.8. The number of fused-ring (bicyclic) bond motifs is 2. The molecule has 0 bridgehead atoms. The van der Waals surface area contributed by atoms with Gasteiger partial charge in [0.1, 0.15) is 18.3 Å². The molecule has 0 saturated carbocycles. The first-order valence-electron chi connectivity index (χ1n) is 14.5. The maximum atomic E-state index is 13.9. The van der Waals surface area contributed by atoms with Crippen LogP contribution in [0, 0.1) is 11.3 Å². The van der Waals surface area contributed by atoms with Crippen LogP contribution in [0.15, 0.2) is 48.8 Å². The van der Waals surface area contributed by atoms with Crippen LogP contribution in [0.5, 0.6) is 6.01 Å². The Hall–Kier alpha value is -3.49. The molecule has 11 heteroatoms. The van der Waals surface area contributed by atoms with E-state index in [1.165, 1.54) is 0 Å². The van der Waals surface area contributed by atoms with Gasteiger partial charge in [0.15, 0.2) is 6.23 Å². The van der Waals surface area contributed by atoms with Crippen molar-refractivity contribution < 1.29 is 14.2 Å². The first kappa shape index (κ1) is 28.6. The van der Waals surface area contributed by atoms with E-state index in [4.69, 9.17) is 26.3 Å². The molecule has 42 heavy (non-hydrogen) atoms. The predicted molar refractivity (Wildman–Crippen MR) is 161 cm³/mol. The van der Waals surface area contributed by atoms with Crippen LogP contribution in [0.3, 0.4) is 0 Å². The highest BCUT2D eigenvalue weighted by atomic mass is 35.5. The molecule has 220 valence electrons. The molecule has 1 unspecified atom stereocenters. The van der Waals surface area contributed by atoms with Gasteiger partial charge in [-0.25, -0.2) is 4.39 Å². The summed E-state index contributed by atoms with van der Waals surface area (Å²) in [5, 5.41) is 26.2. The van der Waals surface area contributed by atoms with E-state index in [2.05, 4.69) is 46.0 Å². The second-order valence-corrected chi connectivity index (χ2v) is 11.6. The number of aliphatic hydroxyl groups excluding tert-OH is 1. The molecule has 0 radical (unpaired) electrons. The van der Waals surface area contributed by atoms with Crippen LogP contribution in [-0.2, 0) is 13.0 Å². The number of ether oxygens (including phenoxy) is 1. The third-order valence-corrected chi connectivity index (χ3v) is 8.84. The molecule has 2 aromatic carbocycles. The molecule has 3 aliphatic rings. The SMILES string of the molecule is C=C(F)C(O)N1CCN(c2nc(OC[C@@H]3CCCN3)nc3c2CCN(c2cccc4cccc(Cl)c24)C3)C[C@@H]1CC#N. The Kier molecular flexibility index (Phi) is 8.45. The lowest BCUT2D eigenvalue weighted by atomic mass is 10.0. The van der Waals surface area contributed by atoms with Crippen LogP contribution >= 0.6 is 11.6 Å². The molecule has 0 spiro atoms. The van der Waals surface area contributed by atoms with E-state index < -0.39 is 12.1 Å². The van der Waals surface area contributed by atoms with Gasteiger partial charge in [0, 0.05) is 54.9 Å². The summed E-state index contributed by atoms with van der Waals surface area (Å²) >= 11 is 6.67. The third-order valence-electron chi connectivity index (χ3n) is 8.52. The van der Waals surface area contributed by atoms with Crippen molar-refractivity contribution in [2.45, 2.75) is 50.5 Å². The molecule has 9 nitrogen and oxygen atoms in total. The number of nitrogens with zero attached hydrogens (tertiary/aromatic N) is 6. The minimum absolute atomic E-state index is 0.139. The summed E-state index contributed by atoms with van der Waals surface area (Å²) in [7, 11) is 0. The summed E-state index contributed by atoms with van der Waals surface area (Å²) in [6.45, 7) is 7.32. The molecular weight excluding hydrogens is 557 g/mol. The molecular formula is C31H35ClFN7O2. The summed E-state index contributed by atoms with van der Waals surface area (Å²) < 4.78 is 20.0. The van der Waals surface area contributed by atoms with Crippen molar-refractivity contribution in [1.29, 1.82) is 5.26 Å². The maximum absolute atomic E-state index is 13.9. The van der Waals surface area contributed by atoms with Gasteiger partial charge in [-0.2, -0.15) is 15.2 Å². The molecule has 2 saturated heterocycles. The predicted octanol–water partition coefficient (Wildman–Crippen LogP) is 4.18. The van der Waals surface area contributed by atoms with E-state index in [0.717, 1.165) is 59.5 Å². The van der Waals surface area contributed by atoms with Crippen LogP contribution in [-0.4, -0.2) is 77.6 Å². The zero-order chi connectivity index (χ0) is 29.2. The number of aromatic nitrogens is 2. The summed E-state index contributed by atoms with van der Waals surface area (Å²) in [5.74, 6) is -0.0446. The van der Waals surface area contributed by atoms with Gasteiger partial charge in [0.25, 0.3) is 0 Å². The van der Waals surface area contributed by atoms with Crippen molar-refractivity contribution in [2.24, 2.45) is 0 Å². The molecule has 3 atom stereocenters. The molecule has 0 aliphatic carbocycles. The van der Waals surface area contributed by atoms with Gasteiger partial charge in [0.05, 0.1) is 29.8 Å². The number of aliphatic hydroxyl groups is 1. The largest absolute Gasteiger partial charge is 0.462 e. The smallest absolute Gasteiger partial charge is 0.318 e. The van der Waals surface area contributed by atoms with Crippen molar-refractivity contribution in [3.05, 3.63) is 65.1 Å². The Morgan fingerprint density at radius 1 is 1.21 bits per heavy atom. The van der Waals surface area contributed by atoms with Crippen LogP contribution in [0.25, 0.3) is 10.8 Å². The van der Waals surface area contributed by atoms with Gasteiger partial charge in [0.2, 0.25) is 0 Å². The van der Waals surface area contributed by atoms with Gasteiger partial charge in [-0.1, -0.05) is 42.4 Å². The summed E-state index contributed by atoms with van der Waals surface area (Å²) in [6, 6.07) is 14.6. The Bertz CT molecular complexity index is 1500. The standard InChI is InChI=1S/C31H35ClFN7O2/c1-20(33)30(41)40-16-15-39(17-23(40)10-12-34)29-24-11-14-38(27-9-3-6-21-5-2-8-25(32)28(21)27)18-26(24)36-31(37-29)42-19-22-7-4-13-35-22/h2-3,5-6,8-9,22-23,30,35,41H,1,4,7,10-11,13-19H2/t22-,23-,30?/m0/s1. The van der Waals surface area contributed by atoms with E-state index in [1.807, 2.05) is 18.2 Å². The number of nitrogens with one attached hydrogen (secondary N) is 1. The lowest BCUT2D eigenvalue weighted by molar-refractivity contribution is -0.0167. The van der Waals surface area contributed by atoms with Gasteiger partial charge in [-0.3, -0.25) is 4.90 Å². The van der Waals surface area contributed by atoms with E-state index in [9.17, 15) is 14.8 Å². The second kappa shape index (κ2) is 12.4. The van der Waals surface area contributed by atoms with Gasteiger partial charge < -0.3 is 25.0 Å². The van der Waals surface area contributed by atoms with E-state index >= 15 is 0 Å². The first-order valence-corrected chi connectivity index (χ1v) is 14.9. The van der Waals surface area contributed by atoms with Gasteiger partial charge >= 0.3 is 6.01 Å². The van der Waals surface area contributed by atoms with Crippen molar-refractivity contribution in [1.82, 2.24) is 20.2 Å². The minimum Gasteiger partial charge on any atom is -0.462 e. The monoisotopic (exact) mass is 591 g/mol. The molecule has 2 fully saturated rings. The molecule has 0 amide bonds. The van der Waals surface area contributed by atoms with Gasteiger partial charge in [-0.15, -0.1) is 0 Å². The highest BCUT2D eigenvalue weighted by Gasteiger charge is 2.35. The fourth-order valence-electron chi connectivity index (χ4n) is 6.38. The van der Waals surface area contributed by atoms with Crippen molar-refractivity contribution in [2.75, 3.05) is 49.1 Å². The van der Waals surface area contributed by atoms with Crippen molar-refractivity contribution >= 4 is 33.9 Å². The maximum Gasteiger partial charge on any atom is 0.318 e. The lowest BCUT2D eigenvalue weighted by Crippen LogP contribution is -2.57. The zero-order valence-electron chi connectivity index (χ0n) is 23.5. The minimum atomic E-state index is -1.44. The lowest BCUT2D eigenvalue weighted by Gasteiger charge is -2.43. The molecule has 3 aliphatic heterocycles. The van der Waals surface area contributed by atoms with Crippen LogP contribution in [0.4, 0.5) is 15.9 Å². The molecule has 1 aromatic heterocycles. The number of hydrogen-bond donors (Lipinski definition) is 2. The normalized spacial score (nSPS) is 21.7. The number of anilines is 2. The molecule has 3 aromatic rings. The quantitative estimate of drug-likeness (QED) is 0.399. The average Bonchev–Trinajstić information content (AvgIpc) is 3.53. The number of piperazine rings is 1. The summed E-state index contributed by atoms with van der Waals surface area (Å²) in [5.41, 5.74) is 2.99. The van der Waals surface area contributed by atoms with Crippen LogP contribution in [0.1, 0.15) is 30.5 Å². The number of nitriles is 1. The third kappa shape index (κ3) is 5.75. The zero-order valence-corrected chi connectivity index (χ0v) is 24.2. The van der Waals surface area contributed by atoms with Crippen LogP contribution in [0.2, 0.25) is 5.02 Å². The van der Waals surface area contributed by atoms with E-state index in [-0.39, 0.29) is 18.5 Å². The molecule has 2 N–H and O–H groups in total. The molecule has 4 heterocycles. The highest BCUT2D eigenvalue weighted by molar-refractivity contribution is 6.36. The number of halogens is 2. The number of rotatable bonds is 8. The Labute approximate surface area is 250 Å². The second-order valence-electron chi connectivity index (χ2n) is 11.2. The Balaban J connectivity index is 1.33.